The van der Waals surface area contributed by atoms with Gasteiger partial charge in [0.1, 0.15) is 0 Å². The van der Waals surface area contributed by atoms with E-state index in [1.807, 2.05) is 13.8 Å². The number of hydrogen-bond acceptors (Lipinski definition) is 2. The Balaban J connectivity index is 0. The van der Waals surface area contributed by atoms with Crippen LogP contribution < -0.4 is 0 Å². The van der Waals surface area contributed by atoms with Crippen LogP contribution in [0.4, 0.5) is 4.70 Å². The Morgan fingerprint density at radius 3 is 2.00 bits per heavy atom. The van der Waals surface area contributed by atoms with Crippen molar-refractivity contribution in [3.05, 3.63) is 0 Å². The van der Waals surface area contributed by atoms with E-state index in [4.69, 9.17) is 4.74 Å². The minimum Gasteiger partial charge on any atom is -0.463 e. The molecule has 0 saturated carbocycles. The quantitative estimate of drug-likeness (QED) is 0.441. The van der Waals surface area contributed by atoms with Crippen LogP contribution in [0.5, 0.6) is 0 Å². The Kier molecular flexibility index (Phi) is 13.9. The Labute approximate surface area is 99.1 Å². The van der Waals surface area contributed by atoms with Gasteiger partial charge >= 0.3 is 5.97 Å². The lowest BCUT2D eigenvalue weighted by Crippen LogP contribution is -2.10. The summed E-state index contributed by atoms with van der Waals surface area (Å²) in [6.45, 7) is 6.01. The van der Waals surface area contributed by atoms with Crippen LogP contribution in [0.15, 0.2) is 0 Å². The second-order valence-corrected chi connectivity index (χ2v) is 4.41. The highest BCUT2D eigenvalue weighted by molar-refractivity contribution is 5.69. The highest BCUT2D eigenvalue weighted by Gasteiger charge is 2.04. The number of carbonyl (C=O) groups is 1. The van der Waals surface area contributed by atoms with Gasteiger partial charge in [-0.25, -0.2) is 0 Å². The first-order valence-electron chi connectivity index (χ1n) is 6.36. The summed E-state index contributed by atoms with van der Waals surface area (Å²) in [4.78, 5) is 11.2. The standard InChI is InChI=1S/C13H26O2.FH/c1-4-5-6-7-8-9-10-11-13(14)15-12(2)3;/h12H,4-11H2,1-3H3;1H. The minimum atomic E-state index is -0.0430. The molecule has 0 spiro atoms. The zero-order chi connectivity index (χ0) is 11.5. The van der Waals surface area contributed by atoms with Gasteiger partial charge in [-0.15, -0.1) is 0 Å². The van der Waals surface area contributed by atoms with Crippen LogP contribution in [0.3, 0.4) is 0 Å². The topological polar surface area (TPSA) is 26.3 Å². The third-order valence-corrected chi connectivity index (χ3v) is 2.35. The van der Waals surface area contributed by atoms with E-state index in [-0.39, 0.29) is 16.8 Å². The summed E-state index contributed by atoms with van der Waals surface area (Å²) < 4.78 is 5.06. The van der Waals surface area contributed by atoms with Crippen LogP contribution in [0.2, 0.25) is 0 Å². The Bertz CT molecular complexity index is 158. The monoisotopic (exact) mass is 234 g/mol. The van der Waals surface area contributed by atoms with E-state index in [0.717, 1.165) is 12.8 Å². The molecule has 0 aromatic carbocycles. The molecule has 0 aromatic heterocycles. The summed E-state index contributed by atoms with van der Waals surface area (Å²) in [5.74, 6) is -0.0430. The van der Waals surface area contributed by atoms with Crippen LogP contribution in [-0.2, 0) is 9.53 Å². The molecule has 0 rings (SSSR count). The van der Waals surface area contributed by atoms with Crippen molar-refractivity contribution in [2.45, 2.75) is 78.2 Å². The van der Waals surface area contributed by atoms with Crippen molar-refractivity contribution in [3.8, 4) is 0 Å². The predicted octanol–water partition coefficient (Wildman–Crippen LogP) is 4.23. The molecular weight excluding hydrogens is 207 g/mol. The molecule has 0 saturated heterocycles. The van der Waals surface area contributed by atoms with E-state index in [2.05, 4.69) is 6.92 Å². The first-order chi connectivity index (χ1) is 7.16. The Hall–Kier alpha value is -0.600. The molecule has 0 fully saturated rings. The van der Waals surface area contributed by atoms with E-state index in [0.29, 0.717) is 6.42 Å². The van der Waals surface area contributed by atoms with Gasteiger partial charge in [-0.3, -0.25) is 9.50 Å². The van der Waals surface area contributed by atoms with Gasteiger partial charge in [0.05, 0.1) is 6.10 Å². The fourth-order valence-corrected chi connectivity index (χ4v) is 1.55. The smallest absolute Gasteiger partial charge is 0.306 e. The number of halogens is 1. The molecule has 0 amide bonds. The molecule has 0 aliphatic carbocycles. The molecule has 0 radical (unpaired) electrons. The van der Waals surface area contributed by atoms with Gasteiger partial charge in [-0.2, -0.15) is 0 Å². The maximum Gasteiger partial charge on any atom is 0.306 e. The molecule has 0 aliphatic rings. The van der Waals surface area contributed by atoms with Crippen LogP contribution in [0.1, 0.15) is 72.1 Å². The third kappa shape index (κ3) is 13.4. The highest BCUT2D eigenvalue weighted by atomic mass is 19.0. The van der Waals surface area contributed by atoms with E-state index in [9.17, 15) is 4.79 Å². The summed E-state index contributed by atoms with van der Waals surface area (Å²) in [5.41, 5.74) is 0. The highest BCUT2D eigenvalue weighted by Crippen LogP contribution is 2.09. The molecule has 0 aliphatic heterocycles. The average molecular weight is 234 g/mol. The second-order valence-electron chi connectivity index (χ2n) is 4.41. The summed E-state index contributed by atoms with van der Waals surface area (Å²) in [6, 6.07) is 0. The molecule has 0 bridgehead atoms. The number of rotatable bonds is 9. The molecule has 3 heteroatoms. The molecule has 0 unspecified atom stereocenters. The first kappa shape index (κ1) is 17.8. The van der Waals surface area contributed by atoms with Crippen molar-refractivity contribution in [1.29, 1.82) is 0 Å². The van der Waals surface area contributed by atoms with Gasteiger partial charge in [-0.1, -0.05) is 45.4 Å². The summed E-state index contributed by atoms with van der Waals surface area (Å²) >= 11 is 0. The molecular formula is C13H27FO2. The van der Waals surface area contributed by atoms with Crippen LogP contribution in [0, 0.1) is 0 Å². The van der Waals surface area contributed by atoms with Gasteiger partial charge in [0.25, 0.3) is 0 Å². The van der Waals surface area contributed by atoms with Gasteiger partial charge in [0, 0.05) is 6.42 Å². The maximum atomic E-state index is 11.2. The SMILES string of the molecule is CCCCCCCCCC(=O)OC(C)C.F. The Morgan fingerprint density at radius 1 is 1.00 bits per heavy atom. The first-order valence-corrected chi connectivity index (χ1v) is 6.36. The maximum absolute atomic E-state index is 11.2. The van der Waals surface area contributed by atoms with Gasteiger partial charge in [-0.05, 0) is 20.3 Å². The van der Waals surface area contributed by atoms with Crippen molar-refractivity contribution in [2.24, 2.45) is 0 Å². The fraction of sp³-hybridized carbons (Fsp3) is 0.923. The zero-order valence-corrected chi connectivity index (χ0v) is 11.0. The molecule has 0 N–H and O–H groups in total. The van der Waals surface area contributed by atoms with E-state index in [1.54, 1.807) is 0 Å². The number of hydrogen-bond donors (Lipinski definition) is 0. The van der Waals surface area contributed by atoms with E-state index >= 15 is 0 Å². The fourth-order valence-electron chi connectivity index (χ4n) is 1.55. The van der Waals surface area contributed by atoms with E-state index in [1.165, 1.54) is 32.1 Å². The van der Waals surface area contributed by atoms with Crippen molar-refractivity contribution in [2.75, 3.05) is 0 Å². The summed E-state index contributed by atoms with van der Waals surface area (Å²) in [6.07, 6.45) is 9.31. The molecule has 16 heavy (non-hydrogen) atoms. The lowest BCUT2D eigenvalue weighted by molar-refractivity contribution is -0.147. The average Bonchev–Trinajstić information content (AvgIpc) is 2.15. The molecule has 0 heterocycles. The second kappa shape index (κ2) is 12.5. The molecule has 2 nitrogen and oxygen atoms in total. The number of ether oxygens (including phenoxy) is 1. The van der Waals surface area contributed by atoms with Crippen LogP contribution in [-0.4, -0.2) is 12.1 Å². The van der Waals surface area contributed by atoms with Crippen molar-refractivity contribution in [3.63, 3.8) is 0 Å². The van der Waals surface area contributed by atoms with Crippen molar-refractivity contribution in [1.82, 2.24) is 0 Å². The van der Waals surface area contributed by atoms with Crippen molar-refractivity contribution < 1.29 is 14.2 Å². The van der Waals surface area contributed by atoms with Crippen LogP contribution >= 0.6 is 0 Å². The number of carbonyl (C=O) groups excluding carboxylic acids is 1. The lowest BCUT2D eigenvalue weighted by Gasteiger charge is -2.07. The van der Waals surface area contributed by atoms with Gasteiger partial charge < -0.3 is 4.74 Å². The molecule has 0 atom stereocenters. The third-order valence-electron chi connectivity index (χ3n) is 2.35. The normalized spacial score (nSPS) is 10.0. The minimum absolute atomic E-state index is 0. The van der Waals surface area contributed by atoms with Crippen LogP contribution in [0.25, 0.3) is 0 Å². The zero-order valence-electron chi connectivity index (χ0n) is 11.0. The van der Waals surface area contributed by atoms with Gasteiger partial charge in [0.15, 0.2) is 0 Å². The predicted molar refractivity (Wildman–Crippen MR) is 66.3 cm³/mol. The number of unbranched alkanes of at least 4 members (excludes halogenated alkanes) is 6. The van der Waals surface area contributed by atoms with Crippen molar-refractivity contribution >= 4 is 5.97 Å². The summed E-state index contributed by atoms with van der Waals surface area (Å²) in [5, 5.41) is 0. The van der Waals surface area contributed by atoms with Gasteiger partial charge in [0.2, 0.25) is 0 Å². The Morgan fingerprint density at radius 2 is 1.50 bits per heavy atom. The molecule has 0 aromatic rings. The largest absolute Gasteiger partial charge is 0.463 e. The van der Waals surface area contributed by atoms with E-state index < -0.39 is 0 Å². The molecule has 98 valence electrons. The summed E-state index contributed by atoms with van der Waals surface area (Å²) in [7, 11) is 0. The number of esters is 1. The lowest BCUT2D eigenvalue weighted by atomic mass is 10.1.